The van der Waals surface area contributed by atoms with Crippen LogP contribution in [-0.2, 0) is 0 Å². The maximum Gasteiger partial charge on any atom is -0.00564 e. The van der Waals surface area contributed by atoms with E-state index < -0.39 is 0 Å². The Balaban J connectivity index is 0.000000399. The fourth-order valence-electron chi connectivity index (χ4n) is 1.72. The van der Waals surface area contributed by atoms with Crippen molar-refractivity contribution in [2.24, 2.45) is 11.7 Å². The number of hydrogen-bond acceptors (Lipinski definition) is 1. The van der Waals surface area contributed by atoms with Gasteiger partial charge in [-0.05, 0) is 35.2 Å². The van der Waals surface area contributed by atoms with Crippen LogP contribution in [0.3, 0.4) is 0 Å². The van der Waals surface area contributed by atoms with Gasteiger partial charge in [-0.15, -0.1) is 0 Å². The summed E-state index contributed by atoms with van der Waals surface area (Å²) in [6, 6.07) is 8.44. The van der Waals surface area contributed by atoms with E-state index in [1.807, 2.05) is 6.08 Å². The van der Waals surface area contributed by atoms with Crippen molar-refractivity contribution in [2.75, 3.05) is 0 Å². The lowest BCUT2D eigenvalue weighted by Gasteiger charge is -2.04. The van der Waals surface area contributed by atoms with Gasteiger partial charge in [0, 0.05) is 0 Å². The SMILES string of the molecule is CC(C)c1ccc(/C=C/N)cc1.CCCCC(C)C. The topological polar surface area (TPSA) is 26.0 Å². The minimum atomic E-state index is 0.598. The van der Waals surface area contributed by atoms with Gasteiger partial charge in [0.1, 0.15) is 0 Å². The summed E-state index contributed by atoms with van der Waals surface area (Å²) in [6.45, 7) is 11.2. The third-order valence-electron chi connectivity index (χ3n) is 3.03. The molecule has 1 heteroatoms. The van der Waals surface area contributed by atoms with Gasteiger partial charge in [0.05, 0.1) is 0 Å². The lowest BCUT2D eigenvalue weighted by Crippen LogP contribution is -1.86. The monoisotopic (exact) mass is 261 g/mol. The van der Waals surface area contributed by atoms with Crippen LogP contribution >= 0.6 is 0 Å². The van der Waals surface area contributed by atoms with Gasteiger partial charge in [0.2, 0.25) is 0 Å². The normalized spacial score (nSPS) is 10.9. The molecule has 0 heterocycles. The maximum absolute atomic E-state index is 5.28. The van der Waals surface area contributed by atoms with E-state index in [-0.39, 0.29) is 0 Å². The number of hydrogen-bond donors (Lipinski definition) is 1. The molecule has 0 saturated heterocycles. The highest BCUT2D eigenvalue weighted by Crippen LogP contribution is 2.14. The summed E-state index contributed by atoms with van der Waals surface area (Å²) in [5, 5.41) is 0. The quantitative estimate of drug-likeness (QED) is 0.736. The van der Waals surface area contributed by atoms with E-state index >= 15 is 0 Å². The summed E-state index contributed by atoms with van der Waals surface area (Å²) >= 11 is 0. The number of unbranched alkanes of at least 4 members (excludes halogenated alkanes) is 1. The predicted octanol–water partition coefficient (Wildman–Crippen LogP) is 5.57. The van der Waals surface area contributed by atoms with Crippen LogP contribution in [0, 0.1) is 5.92 Å². The van der Waals surface area contributed by atoms with Crippen LogP contribution in [0.25, 0.3) is 6.08 Å². The van der Waals surface area contributed by atoms with Crippen molar-refractivity contribution >= 4 is 6.08 Å². The molecule has 0 radical (unpaired) electrons. The van der Waals surface area contributed by atoms with E-state index in [4.69, 9.17) is 5.73 Å². The van der Waals surface area contributed by atoms with Gasteiger partial charge in [-0.1, -0.05) is 78.1 Å². The first-order chi connectivity index (χ1) is 9.01. The Hall–Kier alpha value is -1.24. The molecule has 0 atom stereocenters. The maximum atomic E-state index is 5.28. The lowest BCUT2D eigenvalue weighted by atomic mass is 10.0. The first kappa shape index (κ1) is 17.8. The van der Waals surface area contributed by atoms with Crippen LogP contribution in [-0.4, -0.2) is 0 Å². The third kappa shape index (κ3) is 9.35. The van der Waals surface area contributed by atoms with Crippen LogP contribution in [0.2, 0.25) is 0 Å². The standard InChI is InChI=1S/C11H15N.C7H16/c1-9(2)11-5-3-10(4-6-11)7-8-12;1-4-5-6-7(2)3/h3-9H,12H2,1-2H3;7H,4-6H2,1-3H3/b8-7+;. The molecule has 2 N–H and O–H groups in total. The first-order valence-electron chi connectivity index (χ1n) is 7.49. The molecule has 19 heavy (non-hydrogen) atoms. The highest BCUT2D eigenvalue weighted by atomic mass is 14.5. The summed E-state index contributed by atoms with van der Waals surface area (Å²) < 4.78 is 0. The van der Waals surface area contributed by atoms with E-state index in [1.165, 1.54) is 24.8 Å². The summed E-state index contributed by atoms with van der Waals surface area (Å²) in [4.78, 5) is 0. The third-order valence-corrected chi connectivity index (χ3v) is 3.03. The predicted molar refractivity (Wildman–Crippen MR) is 88.1 cm³/mol. The smallest absolute Gasteiger partial charge is 0.00564 e. The van der Waals surface area contributed by atoms with Crippen LogP contribution in [0.1, 0.15) is 70.9 Å². The van der Waals surface area contributed by atoms with Crippen LogP contribution < -0.4 is 5.73 Å². The summed E-state index contributed by atoms with van der Waals surface area (Å²) in [7, 11) is 0. The van der Waals surface area contributed by atoms with Gasteiger partial charge in [0.25, 0.3) is 0 Å². The molecule has 1 aromatic carbocycles. The molecule has 1 rings (SSSR count). The van der Waals surface area contributed by atoms with Gasteiger partial charge in [-0.2, -0.15) is 0 Å². The number of rotatable bonds is 5. The molecule has 0 spiro atoms. The molecule has 0 aliphatic carbocycles. The van der Waals surface area contributed by atoms with Crippen molar-refractivity contribution in [1.82, 2.24) is 0 Å². The molecule has 0 aliphatic rings. The molecule has 0 aliphatic heterocycles. The van der Waals surface area contributed by atoms with Gasteiger partial charge >= 0.3 is 0 Å². The van der Waals surface area contributed by atoms with Gasteiger partial charge in [-0.25, -0.2) is 0 Å². The largest absolute Gasteiger partial charge is 0.405 e. The van der Waals surface area contributed by atoms with Gasteiger partial charge in [0.15, 0.2) is 0 Å². The summed E-state index contributed by atoms with van der Waals surface area (Å²) in [6.07, 6.45) is 7.60. The molecule has 0 amide bonds. The second kappa shape index (κ2) is 10.7. The van der Waals surface area contributed by atoms with Crippen molar-refractivity contribution in [3.05, 3.63) is 41.6 Å². The number of benzene rings is 1. The molecular weight excluding hydrogens is 230 g/mol. The molecular formula is C18H31N. The molecule has 108 valence electrons. The molecule has 1 aromatic rings. The van der Waals surface area contributed by atoms with E-state index in [0.29, 0.717) is 5.92 Å². The van der Waals surface area contributed by atoms with Crippen LogP contribution in [0.5, 0.6) is 0 Å². The van der Waals surface area contributed by atoms with E-state index in [2.05, 4.69) is 58.9 Å². The molecule has 0 saturated carbocycles. The fourth-order valence-corrected chi connectivity index (χ4v) is 1.72. The van der Waals surface area contributed by atoms with Crippen LogP contribution in [0.15, 0.2) is 30.5 Å². The van der Waals surface area contributed by atoms with E-state index in [9.17, 15) is 0 Å². The number of nitrogens with two attached hydrogens (primary N) is 1. The first-order valence-corrected chi connectivity index (χ1v) is 7.49. The fraction of sp³-hybridized carbons (Fsp3) is 0.556. The zero-order valence-electron chi connectivity index (χ0n) is 13.3. The van der Waals surface area contributed by atoms with E-state index in [0.717, 1.165) is 11.5 Å². The second-order valence-corrected chi connectivity index (χ2v) is 5.72. The zero-order valence-corrected chi connectivity index (χ0v) is 13.3. The van der Waals surface area contributed by atoms with Gasteiger partial charge in [-0.3, -0.25) is 0 Å². The molecule has 0 fully saturated rings. The Labute approximate surface area is 119 Å². The molecule has 0 bridgehead atoms. The van der Waals surface area contributed by atoms with Crippen molar-refractivity contribution < 1.29 is 0 Å². The highest BCUT2D eigenvalue weighted by molar-refractivity contribution is 5.49. The molecule has 1 nitrogen and oxygen atoms in total. The van der Waals surface area contributed by atoms with Crippen molar-refractivity contribution in [3.63, 3.8) is 0 Å². The summed E-state index contributed by atoms with van der Waals surface area (Å²) in [5.41, 5.74) is 7.80. The van der Waals surface area contributed by atoms with Crippen molar-refractivity contribution in [1.29, 1.82) is 0 Å². The Kier molecular flexibility index (Phi) is 9.97. The Morgan fingerprint density at radius 1 is 1.05 bits per heavy atom. The highest BCUT2D eigenvalue weighted by Gasteiger charge is 1.96. The van der Waals surface area contributed by atoms with Crippen molar-refractivity contribution in [3.8, 4) is 0 Å². The second-order valence-electron chi connectivity index (χ2n) is 5.72. The molecule has 0 aromatic heterocycles. The molecule has 0 unspecified atom stereocenters. The Morgan fingerprint density at radius 3 is 1.95 bits per heavy atom. The van der Waals surface area contributed by atoms with Gasteiger partial charge < -0.3 is 5.73 Å². The zero-order chi connectivity index (χ0) is 14.7. The van der Waals surface area contributed by atoms with Crippen molar-refractivity contribution in [2.45, 2.75) is 59.8 Å². The van der Waals surface area contributed by atoms with Crippen LogP contribution in [0.4, 0.5) is 0 Å². The Morgan fingerprint density at radius 2 is 1.63 bits per heavy atom. The minimum Gasteiger partial charge on any atom is -0.405 e. The Bertz CT molecular complexity index is 333. The average Bonchev–Trinajstić information content (AvgIpc) is 2.38. The van der Waals surface area contributed by atoms with E-state index in [1.54, 1.807) is 6.20 Å². The lowest BCUT2D eigenvalue weighted by molar-refractivity contribution is 0.550. The summed E-state index contributed by atoms with van der Waals surface area (Å²) in [5.74, 6) is 1.50. The minimum absolute atomic E-state index is 0.598. The average molecular weight is 261 g/mol.